The standard InChI is InChI=1S/C17H18BrFN2O2S/c1-13-4-2-3-5-14(13)11-20-8-9-21(24(20,22)23)12-15-6-7-16(18)10-17(15)19/h2-7,10H,8-9,11-12H2,1H3. The molecule has 1 heterocycles. The molecule has 0 N–H and O–H groups in total. The normalized spacial score (nSPS) is 18.1. The summed E-state index contributed by atoms with van der Waals surface area (Å²) in [6.45, 7) is 3.13. The Bertz CT molecular complexity index is 857. The van der Waals surface area contributed by atoms with Gasteiger partial charge in [-0.25, -0.2) is 4.39 Å². The Morgan fingerprint density at radius 3 is 2.29 bits per heavy atom. The van der Waals surface area contributed by atoms with Crippen LogP contribution < -0.4 is 0 Å². The Balaban J connectivity index is 1.77. The number of benzene rings is 2. The third kappa shape index (κ3) is 3.54. The maximum Gasteiger partial charge on any atom is 0.282 e. The second kappa shape index (κ2) is 6.92. The van der Waals surface area contributed by atoms with E-state index < -0.39 is 16.0 Å². The van der Waals surface area contributed by atoms with E-state index in [1.165, 1.54) is 14.7 Å². The van der Waals surface area contributed by atoms with E-state index in [4.69, 9.17) is 0 Å². The van der Waals surface area contributed by atoms with E-state index >= 15 is 0 Å². The van der Waals surface area contributed by atoms with Gasteiger partial charge in [0, 0.05) is 36.2 Å². The van der Waals surface area contributed by atoms with Crippen molar-refractivity contribution in [2.45, 2.75) is 20.0 Å². The molecule has 7 heteroatoms. The Morgan fingerprint density at radius 1 is 1.04 bits per heavy atom. The summed E-state index contributed by atoms with van der Waals surface area (Å²) in [5.74, 6) is -0.406. The molecule has 0 spiro atoms. The first-order valence-electron chi connectivity index (χ1n) is 7.61. The summed E-state index contributed by atoms with van der Waals surface area (Å²) in [6.07, 6.45) is 0. The van der Waals surface area contributed by atoms with Gasteiger partial charge in [-0.2, -0.15) is 17.0 Å². The van der Waals surface area contributed by atoms with Crippen LogP contribution in [0.3, 0.4) is 0 Å². The smallest absolute Gasteiger partial charge is 0.207 e. The number of hydrogen-bond donors (Lipinski definition) is 0. The minimum absolute atomic E-state index is 0.0473. The van der Waals surface area contributed by atoms with Crippen LogP contribution in [0.4, 0.5) is 4.39 Å². The van der Waals surface area contributed by atoms with Crippen molar-refractivity contribution in [3.05, 3.63) is 69.4 Å². The van der Waals surface area contributed by atoms with Gasteiger partial charge in [-0.3, -0.25) is 0 Å². The quantitative estimate of drug-likeness (QED) is 0.771. The summed E-state index contributed by atoms with van der Waals surface area (Å²) in [4.78, 5) is 0. The fourth-order valence-corrected chi connectivity index (χ4v) is 4.64. The highest BCUT2D eigenvalue weighted by Gasteiger charge is 2.36. The first-order valence-corrected chi connectivity index (χ1v) is 9.80. The molecule has 0 saturated carbocycles. The highest BCUT2D eigenvalue weighted by atomic mass is 79.9. The molecule has 0 amide bonds. The number of aryl methyl sites for hydroxylation is 1. The van der Waals surface area contributed by atoms with Gasteiger partial charge < -0.3 is 0 Å². The summed E-state index contributed by atoms with van der Waals surface area (Å²) in [6, 6.07) is 12.4. The number of nitrogens with zero attached hydrogens (tertiary/aromatic N) is 2. The van der Waals surface area contributed by atoms with Gasteiger partial charge in [0.2, 0.25) is 0 Å². The summed E-state index contributed by atoms with van der Waals surface area (Å²) >= 11 is 3.20. The van der Waals surface area contributed by atoms with Crippen molar-refractivity contribution in [2.24, 2.45) is 0 Å². The molecule has 0 aliphatic carbocycles. The summed E-state index contributed by atoms with van der Waals surface area (Å²) in [5, 5.41) is 0. The molecule has 4 nitrogen and oxygen atoms in total. The molecular weight excluding hydrogens is 395 g/mol. The van der Waals surface area contributed by atoms with Crippen LogP contribution >= 0.6 is 15.9 Å². The zero-order valence-electron chi connectivity index (χ0n) is 13.2. The van der Waals surface area contributed by atoms with Gasteiger partial charge in [0.15, 0.2) is 0 Å². The maximum absolute atomic E-state index is 14.0. The monoisotopic (exact) mass is 412 g/mol. The molecule has 0 radical (unpaired) electrons. The summed E-state index contributed by atoms with van der Waals surface area (Å²) in [5.41, 5.74) is 2.42. The molecule has 0 atom stereocenters. The van der Waals surface area contributed by atoms with Crippen LogP contribution in [0.15, 0.2) is 46.9 Å². The lowest BCUT2D eigenvalue weighted by atomic mass is 10.1. The van der Waals surface area contributed by atoms with Crippen LogP contribution in [0.5, 0.6) is 0 Å². The van der Waals surface area contributed by atoms with E-state index in [0.717, 1.165) is 11.1 Å². The highest BCUT2D eigenvalue weighted by molar-refractivity contribution is 9.10. The molecule has 1 fully saturated rings. The van der Waals surface area contributed by atoms with E-state index in [0.29, 0.717) is 29.7 Å². The van der Waals surface area contributed by atoms with Crippen LogP contribution in [0.25, 0.3) is 0 Å². The Morgan fingerprint density at radius 2 is 1.67 bits per heavy atom. The lowest BCUT2D eigenvalue weighted by Gasteiger charge is -2.19. The van der Waals surface area contributed by atoms with Crippen molar-refractivity contribution >= 4 is 26.1 Å². The summed E-state index contributed by atoms with van der Waals surface area (Å²) < 4.78 is 42.8. The first kappa shape index (κ1) is 17.5. The zero-order chi connectivity index (χ0) is 17.3. The minimum Gasteiger partial charge on any atom is -0.207 e. The molecule has 2 aromatic carbocycles. The average Bonchev–Trinajstić information content (AvgIpc) is 2.79. The van der Waals surface area contributed by atoms with Crippen molar-refractivity contribution in [1.29, 1.82) is 0 Å². The molecule has 1 saturated heterocycles. The van der Waals surface area contributed by atoms with Gasteiger partial charge in [0.25, 0.3) is 10.2 Å². The van der Waals surface area contributed by atoms with Crippen LogP contribution in [-0.4, -0.2) is 30.1 Å². The Labute approximate surface area is 150 Å². The number of halogens is 2. The second-order valence-corrected chi connectivity index (χ2v) is 8.68. The van der Waals surface area contributed by atoms with Gasteiger partial charge in [-0.15, -0.1) is 0 Å². The summed E-state index contributed by atoms with van der Waals surface area (Å²) in [7, 11) is -3.58. The van der Waals surface area contributed by atoms with Gasteiger partial charge in [-0.1, -0.05) is 46.3 Å². The van der Waals surface area contributed by atoms with Crippen LogP contribution in [-0.2, 0) is 23.3 Å². The molecule has 2 aromatic rings. The van der Waals surface area contributed by atoms with Gasteiger partial charge >= 0.3 is 0 Å². The van der Waals surface area contributed by atoms with Gasteiger partial charge in [0.05, 0.1) is 0 Å². The topological polar surface area (TPSA) is 40.6 Å². The van der Waals surface area contributed by atoms with Gasteiger partial charge in [0.1, 0.15) is 5.82 Å². The van der Waals surface area contributed by atoms with Crippen LogP contribution in [0.2, 0.25) is 0 Å². The van der Waals surface area contributed by atoms with Crippen molar-refractivity contribution in [2.75, 3.05) is 13.1 Å². The molecular formula is C17H18BrFN2O2S. The molecule has 1 aliphatic heterocycles. The largest absolute Gasteiger partial charge is 0.282 e. The zero-order valence-corrected chi connectivity index (χ0v) is 15.6. The maximum atomic E-state index is 14.0. The van der Waals surface area contributed by atoms with Crippen molar-refractivity contribution < 1.29 is 12.8 Å². The first-order chi connectivity index (χ1) is 11.4. The van der Waals surface area contributed by atoms with Crippen molar-refractivity contribution in [3.63, 3.8) is 0 Å². The Hall–Kier alpha value is -1.28. The lowest BCUT2D eigenvalue weighted by molar-refractivity contribution is 0.432. The third-order valence-electron chi connectivity index (χ3n) is 4.22. The molecule has 3 rings (SSSR count). The fraction of sp³-hybridized carbons (Fsp3) is 0.294. The van der Waals surface area contributed by atoms with E-state index in [1.807, 2.05) is 31.2 Å². The predicted octanol–water partition coefficient (Wildman–Crippen LogP) is 3.46. The second-order valence-electron chi connectivity index (χ2n) is 5.84. The molecule has 0 bridgehead atoms. The SMILES string of the molecule is Cc1ccccc1CN1CCN(Cc2ccc(Br)cc2F)S1(=O)=O. The average molecular weight is 413 g/mol. The highest BCUT2D eigenvalue weighted by Crippen LogP contribution is 2.24. The molecule has 128 valence electrons. The molecule has 1 aliphatic rings. The molecule has 0 unspecified atom stereocenters. The van der Waals surface area contributed by atoms with Gasteiger partial charge in [-0.05, 0) is 30.2 Å². The minimum atomic E-state index is -3.58. The van der Waals surface area contributed by atoms with Crippen LogP contribution in [0, 0.1) is 12.7 Å². The van der Waals surface area contributed by atoms with E-state index in [9.17, 15) is 12.8 Å². The Kier molecular flexibility index (Phi) is 5.05. The van der Waals surface area contributed by atoms with Crippen molar-refractivity contribution in [3.8, 4) is 0 Å². The molecule has 0 aromatic heterocycles. The van der Waals surface area contributed by atoms with E-state index in [-0.39, 0.29) is 6.54 Å². The van der Waals surface area contributed by atoms with Crippen LogP contribution in [0.1, 0.15) is 16.7 Å². The molecule has 24 heavy (non-hydrogen) atoms. The predicted molar refractivity (Wildman–Crippen MR) is 95.0 cm³/mol. The van der Waals surface area contributed by atoms with Crippen molar-refractivity contribution in [1.82, 2.24) is 8.61 Å². The number of rotatable bonds is 4. The van der Waals surface area contributed by atoms with E-state index in [1.54, 1.807) is 12.1 Å². The number of hydrogen-bond acceptors (Lipinski definition) is 2. The lowest BCUT2D eigenvalue weighted by Crippen LogP contribution is -2.32. The fourth-order valence-electron chi connectivity index (χ4n) is 2.76. The van der Waals surface area contributed by atoms with E-state index in [2.05, 4.69) is 15.9 Å². The third-order valence-corrected chi connectivity index (χ3v) is 6.64.